The van der Waals surface area contributed by atoms with E-state index < -0.39 is 0 Å². The van der Waals surface area contributed by atoms with Crippen LogP contribution in [0, 0.1) is 0 Å². The second-order valence-corrected chi connectivity index (χ2v) is 27.1. The van der Waals surface area contributed by atoms with Crippen molar-refractivity contribution >= 4 is 110 Å². The lowest BCUT2D eigenvalue weighted by atomic mass is 9.83. The van der Waals surface area contributed by atoms with Crippen LogP contribution in [-0.2, 0) is 25.7 Å². The molecule has 2 aromatic heterocycles. The highest BCUT2D eigenvalue weighted by atomic mass is 15.2. The van der Waals surface area contributed by atoms with Crippen LogP contribution in [0.4, 0.5) is 34.1 Å². The van der Waals surface area contributed by atoms with Gasteiger partial charge in [-0.05, 0) is 202 Å². The van der Waals surface area contributed by atoms with Crippen molar-refractivity contribution in [1.29, 1.82) is 0 Å². The smallest absolute Gasteiger partial charge is 0.0782 e. The second kappa shape index (κ2) is 22.6. The molecule has 0 radical (unpaired) electrons. The van der Waals surface area contributed by atoms with Crippen LogP contribution in [0.5, 0.6) is 0 Å². The molecule has 2 aliphatic rings. The number of aromatic nitrogens is 2. The number of benzene rings is 14. The summed E-state index contributed by atoms with van der Waals surface area (Å²) in [5, 5.41) is 12.8. The summed E-state index contributed by atoms with van der Waals surface area (Å²) in [6, 6.07) is 102. The molecule has 0 amide bonds. The highest BCUT2D eigenvalue weighted by Gasteiger charge is 2.32. The van der Waals surface area contributed by atoms with Crippen molar-refractivity contribution in [3.63, 3.8) is 0 Å². The molecule has 0 N–H and O–H groups in total. The van der Waals surface area contributed by atoms with E-state index in [2.05, 4.69) is 314 Å². The Morgan fingerprint density at radius 1 is 0.298 bits per heavy atom. The number of rotatable bonds is 12. The third-order valence-electron chi connectivity index (χ3n) is 21.2. The first-order valence-corrected chi connectivity index (χ1v) is 34.3. The van der Waals surface area contributed by atoms with Gasteiger partial charge in [-0.15, -0.1) is 0 Å². The molecule has 4 nitrogen and oxygen atoms in total. The van der Waals surface area contributed by atoms with E-state index in [-0.39, 0.29) is 11.8 Å². The normalized spacial score (nSPS) is 13.4. The molecule has 0 aliphatic heterocycles. The molecule has 0 unspecified atom stereocenters. The molecule has 0 bridgehead atoms. The zero-order chi connectivity index (χ0) is 62.7. The SMILES string of the molecule is CC(C)c1cc(N(c2ccc3c(c2)c2ccccc2n3-c2ccccc2-c2ccccc2)c2cccc3c2CCCC3)c2ccc3c(C(C)C)cc(N(c4cccc5c4CCCC5)c4cccc5c6ccccc6n(-c6ccccc6-c6ccccc6)c45)c4ccc1c2c34. The van der Waals surface area contributed by atoms with Gasteiger partial charge in [0.1, 0.15) is 0 Å². The van der Waals surface area contributed by atoms with Gasteiger partial charge in [0.05, 0.1) is 50.5 Å². The summed E-state index contributed by atoms with van der Waals surface area (Å²) in [5.74, 6) is 0.453. The summed E-state index contributed by atoms with van der Waals surface area (Å²) in [4.78, 5) is 5.41. The number of aryl methyl sites for hydroxylation is 2. The molecule has 18 rings (SSSR count). The summed E-state index contributed by atoms with van der Waals surface area (Å²) in [6.07, 6.45) is 9.02. The minimum absolute atomic E-state index is 0.222. The quantitative estimate of drug-likeness (QED) is 0.113. The fourth-order valence-corrected chi connectivity index (χ4v) is 16.9. The van der Waals surface area contributed by atoms with E-state index in [4.69, 9.17) is 0 Å². The van der Waals surface area contributed by atoms with Gasteiger partial charge < -0.3 is 18.9 Å². The lowest BCUT2D eigenvalue weighted by Gasteiger charge is -2.34. The van der Waals surface area contributed by atoms with Gasteiger partial charge in [0.15, 0.2) is 0 Å². The molecule has 454 valence electrons. The van der Waals surface area contributed by atoms with Gasteiger partial charge in [-0.3, -0.25) is 0 Å². The van der Waals surface area contributed by atoms with Crippen molar-refractivity contribution in [3.8, 4) is 33.6 Å². The topological polar surface area (TPSA) is 16.3 Å². The number of anilines is 6. The largest absolute Gasteiger partial charge is 0.310 e. The van der Waals surface area contributed by atoms with Crippen molar-refractivity contribution < 1.29 is 0 Å². The van der Waals surface area contributed by atoms with Crippen molar-refractivity contribution in [1.82, 2.24) is 9.13 Å². The maximum absolute atomic E-state index is 2.72. The number of para-hydroxylation sites is 5. The molecule has 2 heterocycles. The Bertz CT molecular complexity index is 5650. The van der Waals surface area contributed by atoms with Gasteiger partial charge in [0, 0.05) is 60.5 Å². The van der Waals surface area contributed by atoms with Gasteiger partial charge in [0.25, 0.3) is 0 Å². The van der Waals surface area contributed by atoms with Gasteiger partial charge in [-0.25, -0.2) is 0 Å². The lowest BCUT2D eigenvalue weighted by Crippen LogP contribution is -2.17. The first-order valence-electron chi connectivity index (χ1n) is 34.3. The molecule has 0 spiro atoms. The fourth-order valence-electron chi connectivity index (χ4n) is 16.9. The molecule has 0 fully saturated rings. The molecule has 4 heteroatoms. The van der Waals surface area contributed by atoms with E-state index >= 15 is 0 Å². The van der Waals surface area contributed by atoms with Crippen LogP contribution >= 0.6 is 0 Å². The van der Waals surface area contributed by atoms with Crippen molar-refractivity contribution in [2.75, 3.05) is 9.80 Å². The van der Waals surface area contributed by atoms with Gasteiger partial charge >= 0.3 is 0 Å². The average Bonchev–Trinajstić information content (AvgIpc) is 0.897. The van der Waals surface area contributed by atoms with E-state index in [0.717, 1.165) is 37.1 Å². The van der Waals surface area contributed by atoms with E-state index in [0.29, 0.717) is 0 Å². The number of hydrogen-bond acceptors (Lipinski definition) is 2. The Kier molecular flexibility index (Phi) is 13.5. The fraction of sp³-hybridized carbons (Fsp3) is 0.156. The maximum Gasteiger partial charge on any atom is 0.0782 e. The first-order chi connectivity index (χ1) is 46.4. The zero-order valence-electron chi connectivity index (χ0n) is 54.0. The van der Waals surface area contributed by atoms with Crippen molar-refractivity contribution in [2.24, 2.45) is 0 Å². The molecule has 16 aromatic rings. The molecule has 2 aliphatic carbocycles. The van der Waals surface area contributed by atoms with Gasteiger partial charge in [-0.2, -0.15) is 0 Å². The predicted octanol–water partition coefficient (Wildman–Crippen LogP) is 25.1. The van der Waals surface area contributed by atoms with Crippen LogP contribution in [-0.4, -0.2) is 9.13 Å². The van der Waals surface area contributed by atoms with Crippen molar-refractivity contribution in [2.45, 2.75) is 90.9 Å². The number of nitrogens with zero attached hydrogens (tertiary/aromatic N) is 4. The van der Waals surface area contributed by atoms with E-state index in [1.807, 2.05) is 0 Å². The van der Waals surface area contributed by atoms with E-state index in [9.17, 15) is 0 Å². The van der Waals surface area contributed by atoms with Crippen LogP contribution in [0.3, 0.4) is 0 Å². The van der Waals surface area contributed by atoms with Gasteiger partial charge in [-0.1, -0.05) is 222 Å². The predicted molar refractivity (Wildman–Crippen MR) is 401 cm³/mol. The molecular weight excluding hydrogens is 1140 g/mol. The Morgan fingerprint density at radius 3 is 1.32 bits per heavy atom. The van der Waals surface area contributed by atoms with Crippen LogP contribution in [0.1, 0.15) is 98.6 Å². The minimum Gasteiger partial charge on any atom is -0.310 e. The zero-order valence-corrected chi connectivity index (χ0v) is 54.0. The Labute approximate surface area is 550 Å². The molecule has 0 saturated carbocycles. The van der Waals surface area contributed by atoms with Crippen LogP contribution < -0.4 is 9.80 Å². The third-order valence-corrected chi connectivity index (χ3v) is 21.2. The third kappa shape index (κ3) is 8.79. The minimum atomic E-state index is 0.222. The molecule has 0 atom stereocenters. The Balaban J connectivity index is 0.933. The van der Waals surface area contributed by atoms with E-state index in [1.54, 1.807) is 0 Å². The highest BCUT2D eigenvalue weighted by Crippen LogP contribution is 2.55. The van der Waals surface area contributed by atoms with Crippen LogP contribution in [0.25, 0.3) is 110 Å². The molecule has 94 heavy (non-hydrogen) atoms. The van der Waals surface area contributed by atoms with Crippen molar-refractivity contribution in [3.05, 3.63) is 300 Å². The molecule has 0 saturated heterocycles. The maximum atomic E-state index is 2.72. The second-order valence-electron chi connectivity index (χ2n) is 27.1. The summed E-state index contributed by atoms with van der Waals surface area (Å²) in [7, 11) is 0. The molecular formula is C90H74N4. The first kappa shape index (κ1) is 56.1. The highest BCUT2D eigenvalue weighted by molar-refractivity contribution is 6.30. The standard InChI is InChI=1S/C90H74N4/c1-57(2)75-55-86(91(78-45-23-32-61-30-11-13-34-64(61)78)63-48-53-84-77(54-63)69-39-18-21-43-82(69)92(84)79-41-19-15-36-65(79)59-26-7-5-8-27-59)73-51-49-71-76(58(3)4)56-87(74-52-50-70(75)88(73)89(71)74)93(80-46-24-33-62-31-12-14-35-66(62)80)85-47-25-40-72-68-38-17-22-44-83(68)94(90(72)85)81-42-20-16-37-67(81)60-28-9-6-10-29-60/h5-10,15-29,32-33,36-58H,11-14,30-31,34-35H2,1-4H3. The summed E-state index contributed by atoms with van der Waals surface area (Å²) in [5.41, 5.74) is 27.8. The summed E-state index contributed by atoms with van der Waals surface area (Å²) < 4.78 is 5.08. The van der Waals surface area contributed by atoms with Crippen LogP contribution in [0.15, 0.2) is 267 Å². The monoisotopic (exact) mass is 1210 g/mol. The Hall–Kier alpha value is -10.7. The number of hydrogen-bond donors (Lipinski definition) is 0. The number of fused-ring (bicyclic) bond motifs is 8. The molecule has 14 aromatic carbocycles. The van der Waals surface area contributed by atoms with Crippen LogP contribution in [0.2, 0.25) is 0 Å². The summed E-state index contributed by atoms with van der Waals surface area (Å²) >= 11 is 0. The van der Waals surface area contributed by atoms with E-state index in [1.165, 1.54) is 191 Å². The van der Waals surface area contributed by atoms with Gasteiger partial charge in [0.2, 0.25) is 0 Å². The Morgan fingerprint density at radius 2 is 0.734 bits per heavy atom. The average molecular weight is 1210 g/mol. The summed E-state index contributed by atoms with van der Waals surface area (Å²) in [6.45, 7) is 9.62. The lowest BCUT2D eigenvalue weighted by molar-refractivity contribution is 0.686.